The Morgan fingerprint density at radius 2 is 1.90 bits per heavy atom. The maximum absolute atomic E-state index is 11.7. The fourth-order valence-corrected chi connectivity index (χ4v) is 3.51. The summed E-state index contributed by atoms with van der Waals surface area (Å²) < 4.78 is 4.83. The Kier molecular flexibility index (Phi) is 7.15. The van der Waals surface area contributed by atoms with Gasteiger partial charge in [-0.15, -0.1) is 0 Å². The van der Waals surface area contributed by atoms with Gasteiger partial charge in [0.2, 0.25) is 5.91 Å². The summed E-state index contributed by atoms with van der Waals surface area (Å²) in [5, 5.41) is 3.06. The van der Waals surface area contributed by atoms with E-state index in [0.717, 1.165) is 19.3 Å². The first-order valence-electron chi connectivity index (χ1n) is 8.03. The standard InChI is InChI=1S/C16H30N2O3/c1-5-11(6-2)7-15(18-10(3)19)13-8-12(9-14(13)17)16(20)21-4/h11-15H,5-9,17H2,1-4H3,(H,18,19)/t12?,13-,14+,15?/m0/s1. The molecule has 5 heteroatoms. The van der Waals surface area contributed by atoms with Gasteiger partial charge in [0.1, 0.15) is 0 Å². The molecule has 21 heavy (non-hydrogen) atoms. The van der Waals surface area contributed by atoms with E-state index >= 15 is 0 Å². The highest BCUT2D eigenvalue weighted by molar-refractivity contribution is 5.74. The van der Waals surface area contributed by atoms with Crippen molar-refractivity contribution in [2.24, 2.45) is 23.5 Å². The first kappa shape index (κ1) is 18.0. The monoisotopic (exact) mass is 298 g/mol. The topological polar surface area (TPSA) is 81.4 Å². The predicted molar refractivity (Wildman–Crippen MR) is 82.5 cm³/mol. The summed E-state index contributed by atoms with van der Waals surface area (Å²) in [7, 11) is 1.41. The van der Waals surface area contributed by atoms with Gasteiger partial charge in [-0.3, -0.25) is 9.59 Å². The molecule has 1 saturated carbocycles. The minimum Gasteiger partial charge on any atom is -0.469 e. The SMILES string of the molecule is CCC(CC)CC(NC(C)=O)[C@H]1CC(C(=O)OC)C[C@H]1N. The zero-order valence-corrected chi connectivity index (χ0v) is 13.7. The van der Waals surface area contributed by atoms with Crippen LogP contribution >= 0.6 is 0 Å². The van der Waals surface area contributed by atoms with Gasteiger partial charge in [-0.1, -0.05) is 26.7 Å². The highest BCUT2D eigenvalue weighted by Crippen LogP contribution is 2.35. The van der Waals surface area contributed by atoms with Crippen molar-refractivity contribution < 1.29 is 14.3 Å². The third-order valence-corrected chi connectivity index (χ3v) is 4.85. The molecule has 0 spiro atoms. The Morgan fingerprint density at radius 3 is 2.38 bits per heavy atom. The van der Waals surface area contributed by atoms with E-state index in [1.807, 2.05) is 0 Å². The molecule has 1 amide bonds. The summed E-state index contributed by atoms with van der Waals surface area (Å²) in [6, 6.07) is -0.00244. The van der Waals surface area contributed by atoms with Crippen LogP contribution in [0, 0.1) is 17.8 Å². The molecule has 5 nitrogen and oxygen atoms in total. The quantitative estimate of drug-likeness (QED) is 0.703. The van der Waals surface area contributed by atoms with Crippen molar-refractivity contribution in [1.82, 2.24) is 5.32 Å². The third-order valence-electron chi connectivity index (χ3n) is 4.85. The number of rotatable bonds is 7. The Bertz CT molecular complexity index is 355. The van der Waals surface area contributed by atoms with Crippen molar-refractivity contribution in [2.75, 3.05) is 7.11 Å². The molecule has 1 fully saturated rings. The van der Waals surface area contributed by atoms with E-state index in [9.17, 15) is 9.59 Å². The van der Waals surface area contributed by atoms with Crippen molar-refractivity contribution in [2.45, 2.75) is 65.0 Å². The molecule has 0 heterocycles. The first-order chi connectivity index (χ1) is 9.92. The lowest BCUT2D eigenvalue weighted by Crippen LogP contribution is -2.45. The molecule has 0 aliphatic heterocycles. The highest BCUT2D eigenvalue weighted by atomic mass is 16.5. The van der Waals surface area contributed by atoms with Crippen LogP contribution in [-0.4, -0.2) is 31.1 Å². The van der Waals surface area contributed by atoms with Gasteiger partial charge in [0.05, 0.1) is 13.0 Å². The van der Waals surface area contributed by atoms with E-state index in [1.165, 1.54) is 14.0 Å². The van der Waals surface area contributed by atoms with Crippen molar-refractivity contribution >= 4 is 11.9 Å². The molecule has 1 rings (SSSR count). The largest absolute Gasteiger partial charge is 0.469 e. The Hall–Kier alpha value is -1.10. The van der Waals surface area contributed by atoms with Gasteiger partial charge >= 0.3 is 5.97 Å². The predicted octanol–water partition coefficient (Wildman–Crippen LogP) is 1.84. The number of methoxy groups -OCH3 is 1. The maximum Gasteiger partial charge on any atom is 0.308 e. The normalized spacial score (nSPS) is 26.7. The molecule has 3 N–H and O–H groups in total. The second-order valence-electron chi connectivity index (χ2n) is 6.24. The summed E-state index contributed by atoms with van der Waals surface area (Å²) in [4.78, 5) is 23.2. The minimum atomic E-state index is -0.183. The molecular weight excluding hydrogens is 268 g/mol. The van der Waals surface area contributed by atoms with Crippen LogP contribution in [0.2, 0.25) is 0 Å². The van der Waals surface area contributed by atoms with Crippen LogP contribution < -0.4 is 11.1 Å². The second kappa shape index (κ2) is 8.37. The van der Waals surface area contributed by atoms with E-state index in [2.05, 4.69) is 19.2 Å². The van der Waals surface area contributed by atoms with Crippen LogP contribution in [0.25, 0.3) is 0 Å². The molecular formula is C16H30N2O3. The molecule has 0 aromatic carbocycles. The molecule has 0 radical (unpaired) electrons. The zero-order valence-electron chi connectivity index (χ0n) is 13.7. The van der Waals surface area contributed by atoms with Crippen LogP contribution in [0.5, 0.6) is 0 Å². The number of carbonyl (C=O) groups is 2. The number of hydrogen-bond donors (Lipinski definition) is 2. The fraction of sp³-hybridized carbons (Fsp3) is 0.875. The van der Waals surface area contributed by atoms with Crippen molar-refractivity contribution in [3.8, 4) is 0 Å². The summed E-state index contributed by atoms with van der Waals surface area (Å²) in [5.41, 5.74) is 6.24. The van der Waals surface area contributed by atoms with Gasteiger partial charge in [-0.25, -0.2) is 0 Å². The summed E-state index contributed by atoms with van der Waals surface area (Å²) in [5.74, 6) is 0.384. The van der Waals surface area contributed by atoms with E-state index in [4.69, 9.17) is 10.5 Å². The second-order valence-corrected chi connectivity index (χ2v) is 6.24. The van der Waals surface area contributed by atoms with Crippen LogP contribution in [0.3, 0.4) is 0 Å². The van der Waals surface area contributed by atoms with Gasteiger partial charge in [-0.2, -0.15) is 0 Å². The molecule has 122 valence electrons. The van der Waals surface area contributed by atoms with Gasteiger partial charge in [0.25, 0.3) is 0 Å². The van der Waals surface area contributed by atoms with Crippen LogP contribution in [0.15, 0.2) is 0 Å². The fourth-order valence-electron chi connectivity index (χ4n) is 3.51. The van der Waals surface area contributed by atoms with Crippen molar-refractivity contribution in [1.29, 1.82) is 0 Å². The molecule has 0 aromatic heterocycles. The zero-order chi connectivity index (χ0) is 16.0. The van der Waals surface area contributed by atoms with Gasteiger partial charge < -0.3 is 15.8 Å². The Labute approximate surface area is 128 Å². The van der Waals surface area contributed by atoms with Crippen molar-refractivity contribution in [3.05, 3.63) is 0 Å². The van der Waals surface area contributed by atoms with Crippen LogP contribution in [0.1, 0.15) is 52.9 Å². The van der Waals surface area contributed by atoms with E-state index in [1.54, 1.807) is 0 Å². The number of nitrogens with one attached hydrogen (secondary N) is 1. The van der Waals surface area contributed by atoms with E-state index in [-0.39, 0.29) is 35.8 Å². The van der Waals surface area contributed by atoms with Gasteiger partial charge in [0.15, 0.2) is 0 Å². The van der Waals surface area contributed by atoms with E-state index in [0.29, 0.717) is 18.8 Å². The molecule has 1 aliphatic rings. The average molecular weight is 298 g/mol. The summed E-state index contributed by atoms with van der Waals surface area (Å²) in [6.07, 6.45) is 4.47. The third kappa shape index (κ3) is 4.99. The summed E-state index contributed by atoms with van der Waals surface area (Å²) >= 11 is 0. The molecule has 1 aliphatic carbocycles. The van der Waals surface area contributed by atoms with Gasteiger partial charge in [-0.05, 0) is 31.1 Å². The Morgan fingerprint density at radius 1 is 1.29 bits per heavy atom. The first-order valence-corrected chi connectivity index (χ1v) is 8.03. The lowest BCUT2D eigenvalue weighted by molar-refractivity contribution is -0.145. The average Bonchev–Trinajstić information content (AvgIpc) is 2.84. The molecule has 0 saturated heterocycles. The molecule has 2 unspecified atom stereocenters. The molecule has 4 atom stereocenters. The number of nitrogens with two attached hydrogens (primary N) is 1. The van der Waals surface area contributed by atoms with E-state index < -0.39 is 0 Å². The number of carbonyl (C=O) groups excluding carboxylic acids is 2. The molecule has 0 bridgehead atoms. The van der Waals surface area contributed by atoms with Crippen molar-refractivity contribution in [3.63, 3.8) is 0 Å². The van der Waals surface area contributed by atoms with Crippen LogP contribution in [0.4, 0.5) is 0 Å². The number of esters is 1. The molecule has 0 aromatic rings. The number of hydrogen-bond acceptors (Lipinski definition) is 4. The summed E-state index contributed by atoms with van der Waals surface area (Å²) in [6.45, 7) is 5.88. The van der Waals surface area contributed by atoms with Gasteiger partial charge in [0, 0.05) is 19.0 Å². The van der Waals surface area contributed by atoms with Crippen LogP contribution in [-0.2, 0) is 14.3 Å². The Balaban J connectivity index is 2.77. The lowest BCUT2D eigenvalue weighted by Gasteiger charge is -2.30. The highest BCUT2D eigenvalue weighted by Gasteiger charge is 2.41. The number of ether oxygens (including phenoxy) is 1. The maximum atomic E-state index is 11.7. The number of amides is 1. The lowest BCUT2D eigenvalue weighted by atomic mass is 9.85. The minimum absolute atomic E-state index is 0.0281. The smallest absolute Gasteiger partial charge is 0.308 e.